The Balaban J connectivity index is 2.01. The molecule has 25 heavy (non-hydrogen) atoms. The van der Waals surface area contributed by atoms with Crippen LogP contribution in [0.1, 0.15) is 43.9 Å². The minimum Gasteiger partial charge on any atom is -0.314 e. The Morgan fingerprint density at radius 1 is 1.12 bits per heavy atom. The minimum absolute atomic E-state index is 0.00847. The average molecular weight is 368 g/mol. The first kappa shape index (κ1) is 20.4. The van der Waals surface area contributed by atoms with Crippen LogP contribution < -0.4 is 10.0 Å². The second-order valence-corrected chi connectivity index (χ2v) is 9.74. The maximum absolute atomic E-state index is 12.8. The van der Waals surface area contributed by atoms with Crippen molar-refractivity contribution in [1.29, 1.82) is 0 Å². The van der Waals surface area contributed by atoms with E-state index in [0.717, 1.165) is 50.3 Å². The van der Waals surface area contributed by atoms with Crippen molar-refractivity contribution in [2.45, 2.75) is 51.3 Å². The van der Waals surface area contributed by atoms with Gasteiger partial charge in [0.05, 0.1) is 4.90 Å². The Morgan fingerprint density at radius 3 is 2.20 bits per heavy atom. The van der Waals surface area contributed by atoms with Gasteiger partial charge in [0.1, 0.15) is 0 Å². The Labute approximate surface area is 153 Å². The third-order valence-electron chi connectivity index (χ3n) is 4.75. The van der Waals surface area contributed by atoms with E-state index in [1.807, 2.05) is 26.0 Å². The van der Waals surface area contributed by atoms with E-state index >= 15 is 0 Å². The smallest absolute Gasteiger partial charge is 0.241 e. The van der Waals surface area contributed by atoms with Gasteiger partial charge in [0.25, 0.3) is 0 Å². The van der Waals surface area contributed by atoms with Crippen LogP contribution in [0.2, 0.25) is 0 Å². The lowest BCUT2D eigenvalue weighted by molar-refractivity contribution is 0.239. The summed E-state index contributed by atoms with van der Waals surface area (Å²) < 4.78 is 28.3. The number of benzene rings is 1. The summed E-state index contributed by atoms with van der Waals surface area (Å²) in [5, 5.41) is 3.33. The summed E-state index contributed by atoms with van der Waals surface area (Å²) in [6.45, 7) is 15.7. The lowest BCUT2D eigenvalue weighted by Crippen LogP contribution is -2.44. The van der Waals surface area contributed by atoms with Gasteiger partial charge in [-0.3, -0.25) is 0 Å². The molecule has 0 amide bonds. The largest absolute Gasteiger partial charge is 0.314 e. The van der Waals surface area contributed by atoms with Gasteiger partial charge >= 0.3 is 0 Å². The summed E-state index contributed by atoms with van der Waals surface area (Å²) in [5.74, 6) is 0. The Hall–Kier alpha value is -0.950. The molecule has 142 valence electrons. The Kier molecular flexibility index (Phi) is 6.65. The predicted molar refractivity (Wildman–Crippen MR) is 104 cm³/mol. The number of sulfonamides is 1. The quantitative estimate of drug-likeness (QED) is 0.757. The van der Waals surface area contributed by atoms with Gasteiger partial charge in [-0.1, -0.05) is 32.9 Å². The van der Waals surface area contributed by atoms with Gasteiger partial charge in [-0.15, -0.1) is 0 Å². The molecule has 1 heterocycles. The molecular formula is C19H33N3O2S. The van der Waals surface area contributed by atoms with Crippen LogP contribution in [0.15, 0.2) is 17.0 Å². The second-order valence-electron chi connectivity index (χ2n) is 8.03. The first-order chi connectivity index (χ1) is 11.6. The van der Waals surface area contributed by atoms with Crippen LogP contribution in [0.25, 0.3) is 0 Å². The second kappa shape index (κ2) is 8.16. The molecule has 2 N–H and O–H groups in total. The predicted octanol–water partition coefficient (Wildman–Crippen LogP) is 2.17. The highest BCUT2D eigenvalue weighted by Gasteiger charge is 2.23. The van der Waals surface area contributed by atoms with Crippen molar-refractivity contribution >= 4 is 10.0 Å². The number of nitrogens with one attached hydrogen (secondary N) is 2. The lowest BCUT2D eigenvalue weighted by atomic mass is 9.85. The lowest BCUT2D eigenvalue weighted by Gasteiger charge is -2.27. The summed E-state index contributed by atoms with van der Waals surface area (Å²) in [7, 11) is -3.47. The molecule has 0 atom stereocenters. The molecule has 1 aliphatic heterocycles. The van der Waals surface area contributed by atoms with Crippen LogP contribution in [0.5, 0.6) is 0 Å². The molecule has 0 spiro atoms. The molecule has 0 radical (unpaired) electrons. The molecule has 0 aromatic heterocycles. The standard InChI is InChI=1S/C19H33N3O2S/c1-15-13-17(19(3,4)5)14-16(2)18(15)25(23,24)21-7-6-10-22-11-8-20-9-12-22/h13-14,20-21H,6-12H2,1-5H3. The van der Waals surface area contributed by atoms with Gasteiger partial charge in [0.2, 0.25) is 10.0 Å². The molecule has 6 heteroatoms. The van der Waals surface area contributed by atoms with E-state index in [-0.39, 0.29) is 5.41 Å². The van der Waals surface area contributed by atoms with Crippen LogP contribution in [-0.4, -0.2) is 52.6 Å². The van der Waals surface area contributed by atoms with Crippen LogP contribution in [-0.2, 0) is 15.4 Å². The van der Waals surface area contributed by atoms with Crippen molar-refractivity contribution in [3.63, 3.8) is 0 Å². The molecule has 5 nitrogen and oxygen atoms in total. The van der Waals surface area contributed by atoms with Gasteiger partial charge in [-0.2, -0.15) is 0 Å². The number of aryl methyl sites for hydroxylation is 2. The molecule has 1 aromatic carbocycles. The number of hydrogen-bond donors (Lipinski definition) is 2. The summed E-state index contributed by atoms with van der Waals surface area (Å²) in [6, 6.07) is 4.00. The fourth-order valence-electron chi connectivity index (χ4n) is 3.32. The fraction of sp³-hybridized carbons (Fsp3) is 0.684. The van der Waals surface area contributed by atoms with Gasteiger partial charge in [0.15, 0.2) is 0 Å². The Morgan fingerprint density at radius 2 is 1.68 bits per heavy atom. The van der Waals surface area contributed by atoms with Crippen molar-refractivity contribution in [2.75, 3.05) is 39.3 Å². The van der Waals surface area contributed by atoms with Crippen molar-refractivity contribution in [3.05, 3.63) is 28.8 Å². The van der Waals surface area contributed by atoms with E-state index < -0.39 is 10.0 Å². The van der Waals surface area contributed by atoms with Gasteiger partial charge < -0.3 is 10.2 Å². The molecule has 1 fully saturated rings. The molecule has 2 rings (SSSR count). The van der Waals surface area contributed by atoms with Crippen molar-refractivity contribution in [2.24, 2.45) is 0 Å². The normalized spacial score (nSPS) is 17.0. The average Bonchev–Trinajstić information content (AvgIpc) is 2.51. The highest BCUT2D eigenvalue weighted by atomic mass is 32.2. The number of hydrogen-bond acceptors (Lipinski definition) is 4. The third kappa shape index (κ3) is 5.51. The van der Waals surface area contributed by atoms with Crippen molar-refractivity contribution in [3.8, 4) is 0 Å². The first-order valence-electron chi connectivity index (χ1n) is 9.16. The molecular weight excluding hydrogens is 334 g/mol. The van der Waals surface area contributed by atoms with E-state index in [0.29, 0.717) is 11.4 Å². The maximum Gasteiger partial charge on any atom is 0.241 e. The summed E-state index contributed by atoms with van der Waals surface area (Å²) in [6.07, 6.45) is 0.831. The molecule has 1 aromatic rings. The molecule has 1 aliphatic rings. The van der Waals surface area contributed by atoms with Crippen LogP contribution in [0, 0.1) is 13.8 Å². The van der Waals surface area contributed by atoms with Crippen LogP contribution >= 0.6 is 0 Å². The van der Waals surface area contributed by atoms with Crippen molar-refractivity contribution in [1.82, 2.24) is 14.9 Å². The highest BCUT2D eigenvalue weighted by Crippen LogP contribution is 2.29. The number of rotatable bonds is 6. The zero-order valence-corrected chi connectivity index (χ0v) is 17.1. The zero-order valence-electron chi connectivity index (χ0n) is 16.3. The summed E-state index contributed by atoms with van der Waals surface area (Å²) in [5.41, 5.74) is 2.81. The highest BCUT2D eigenvalue weighted by molar-refractivity contribution is 7.89. The summed E-state index contributed by atoms with van der Waals surface area (Å²) >= 11 is 0. The van der Waals surface area contributed by atoms with E-state index in [1.165, 1.54) is 5.56 Å². The van der Waals surface area contributed by atoms with Gasteiger partial charge in [0, 0.05) is 32.7 Å². The van der Waals surface area contributed by atoms with Crippen LogP contribution in [0.3, 0.4) is 0 Å². The molecule has 1 saturated heterocycles. The van der Waals surface area contributed by atoms with E-state index in [9.17, 15) is 8.42 Å². The van der Waals surface area contributed by atoms with Gasteiger partial charge in [-0.25, -0.2) is 13.1 Å². The first-order valence-corrected chi connectivity index (χ1v) is 10.6. The maximum atomic E-state index is 12.8. The monoisotopic (exact) mass is 367 g/mol. The van der Waals surface area contributed by atoms with Crippen LogP contribution in [0.4, 0.5) is 0 Å². The van der Waals surface area contributed by atoms with E-state index in [1.54, 1.807) is 0 Å². The van der Waals surface area contributed by atoms with E-state index in [2.05, 4.69) is 35.7 Å². The summed E-state index contributed by atoms with van der Waals surface area (Å²) in [4.78, 5) is 2.81. The SMILES string of the molecule is Cc1cc(C(C)(C)C)cc(C)c1S(=O)(=O)NCCCN1CCNCC1. The number of piperazine rings is 1. The molecule has 0 aliphatic carbocycles. The topological polar surface area (TPSA) is 61.4 Å². The van der Waals surface area contributed by atoms with Gasteiger partial charge in [-0.05, 0) is 48.9 Å². The zero-order chi connectivity index (χ0) is 18.7. The third-order valence-corrected chi connectivity index (χ3v) is 6.51. The number of nitrogens with zero attached hydrogens (tertiary/aromatic N) is 1. The van der Waals surface area contributed by atoms with Crippen molar-refractivity contribution < 1.29 is 8.42 Å². The molecule has 0 unspecified atom stereocenters. The molecule has 0 bridgehead atoms. The molecule has 0 saturated carbocycles. The minimum atomic E-state index is -3.47. The Bertz CT molecular complexity index is 664. The van der Waals surface area contributed by atoms with E-state index in [4.69, 9.17) is 0 Å². The fourth-order valence-corrected chi connectivity index (χ4v) is 4.85.